The zero-order valence-electron chi connectivity index (χ0n) is 10.8. The van der Waals surface area contributed by atoms with Crippen molar-refractivity contribution in [2.24, 2.45) is 0 Å². The van der Waals surface area contributed by atoms with Crippen molar-refractivity contribution < 1.29 is 14.3 Å². The number of likely N-dealkylation sites (N-methyl/N-ethyl adjacent to an activating group) is 1. The van der Waals surface area contributed by atoms with Crippen LogP contribution in [0.2, 0.25) is 0 Å². The molecule has 0 bridgehead atoms. The molecule has 0 radical (unpaired) electrons. The zero-order valence-corrected chi connectivity index (χ0v) is 10.8. The second-order valence-electron chi connectivity index (χ2n) is 4.04. The first-order chi connectivity index (χ1) is 8.06. The number of methoxy groups -OCH3 is 1. The number of rotatable bonds is 6. The van der Waals surface area contributed by atoms with Gasteiger partial charge in [0.25, 0.3) is 0 Å². The van der Waals surface area contributed by atoms with Crippen LogP contribution in [0, 0.1) is 0 Å². The van der Waals surface area contributed by atoms with Gasteiger partial charge >= 0.3 is 0 Å². The normalized spacial score (nSPS) is 10.4. The maximum atomic E-state index is 11.5. The highest BCUT2D eigenvalue weighted by Crippen LogP contribution is 2.31. The minimum atomic E-state index is -0.0243. The maximum absolute atomic E-state index is 11.5. The van der Waals surface area contributed by atoms with E-state index in [1.165, 1.54) is 6.92 Å². The maximum Gasteiger partial charge on any atom is 0.171 e. The van der Waals surface area contributed by atoms with E-state index in [1.54, 1.807) is 25.3 Å². The molecular weight excluding hydrogens is 218 g/mol. The average Bonchev–Trinajstić information content (AvgIpc) is 2.28. The van der Waals surface area contributed by atoms with Crippen LogP contribution in [0.3, 0.4) is 0 Å². The number of para-hydroxylation sites is 1. The number of ether oxygens (including phenoxy) is 2. The summed E-state index contributed by atoms with van der Waals surface area (Å²) in [7, 11) is 5.51. The molecule has 94 valence electrons. The molecule has 0 saturated heterocycles. The van der Waals surface area contributed by atoms with E-state index < -0.39 is 0 Å². The molecule has 0 amide bonds. The van der Waals surface area contributed by atoms with Gasteiger partial charge in [-0.05, 0) is 33.2 Å². The van der Waals surface area contributed by atoms with Crippen molar-refractivity contribution in [3.8, 4) is 11.5 Å². The van der Waals surface area contributed by atoms with Gasteiger partial charge in [0.15, 0.2) is 17.3 Å². The van der Waals surface area contributed by atoms with E-state index in [9.17, 15) is 4.79 Å². The minimum absolute atomic E-state index is 0.0243. The SMILES string of the molecule is COc1cccc(C(C)=O)c1OCCN(C)C. The van der Waals surface area contributed by atoms with Crippen LogP contribution in [-0.2, 0) is 0 Å². The van der Waals surface area contributed by atoms with Gasteiger partial charge in [-0.15, -0.1) is 0 Å². The Morgan fingerprint density at radius 3 is 2.59 bits per heavy atom. The molecular formula is C13H19NO3. The van der Waals surface area contributed by atoms with Crippen molar-refractivity contribution in [1.82, 2.24) is 4.90 Å². The highest BCUT2D eigenvalue weighted by atomic mass is 16.5. The molecule has 0 saturated carbocycles. The lowest BCUT2D eigenvalue weighted by Gasteiger charge is -2.15. The third kappa shape index (κ3) is 3.75. The summed E-state index contributed by atoms with van der Waals surface area (Å²) in [6.07, 6.45) is 0. The molecule has 0 aliphatic carbocycles. The number of benzene rings is 1. The fourth-order valence-corrected chi connectivity index (χ4v) is 1.43. The predicted molar refractivity (Wildman–Crippen MR) is 67.0 cm³/mol. The fourth-order valence-electron chi connectivity index (χ4n) is 1.43. The summed E-state index contributed by atoms with van der Waals surface area (Å²) in [6, 6.07) is 5.32. The summed E-state index contributed by atoms with van der Waals surface area (Å²) < 4.78 is 10.8. The number of carbonyl (C=O) groups is 1. The summed E-state index contributed by atoms with van der Waals surface area (Å²) in [4.78, 5) is 13.5. The Balaban J connectivity index is 2.89. The molecule has 0 aromatic heterocycles. The van der Waals surface area contributed by atoms with Gasteiger partial charge < -0.3 is 14.4 Å². The molecule has 17 heavy (non-hydrogen) atoms. The molecule has 0 aliphatic rings. The minimum Gasteiger partial charge on any atom is -0.493 e. The number of Topliss-reactive ketones (excluding diaryl/α,β-unsaturated/α-hetero) is 1. The molecule has 4 heteroatoms. The third-order valence-corrected chi connectivity index (χ3v) is 2.36. The van der Waals surface area contributed by atoms with Crippen LogP contribution in [0.4, 0.5) is 0 Å². The van der Waals surface area contributed by atoms with E-state index in [-0.39, 0.29) is 5.78 Å². The zero-order chi connectivity index (χ0) is 12.8. The van der Waals surface area contributed by atoms with Crippen LogP contribution in [-0.4, -0.2) is 45.0 Å². The lowest BCUT2D eigenvalue weighted by Crippen LogP contribution is -2.20. The standard InChI is InChI=1S/C13H19NO3/c1-10(15)11-6-5-7-12(16-4)13(11)17-9-8-14(2)3/h5-7H,8-9H2,1-4H3. The van der Waals surface area contributed by atoms with Crippen molar-refractivity contribution >= 4 is 5.78 Å². The molecule has 0 heterocycles. The summed E-state index contributed by atoms with van der Waals surface area (Å²) in [6.45, 7) is 2.83. The number of nitrogens with zero attached hydrogens (tertiary/aromatic N) is 1. The van der Waals surface area contributed by atoms with E-state index >= 15 is 0 Å². The Labute approximate surface area is 102 Å². The van der Waals surface area contributed by atoms with Crippen molar-refractivity contribution in [2.45, 2.75) is 6.92 Å². The Morgan fingerprint density at radius 1 is 1.35 bits per heavy atom. The van der Waals surface area contributed by atoms with Gasteiger partial charge in [0.2, 0.25) is 0 Å². The molecule has 0 fully saturated rings. The highest BCUT2D eigenvalue weighted by molar-refractivity contribution is 5.97. The van der Waals surface area contributed by atoms with Gasteiger partial charge in [-0.25, -0.2) is 0 Å². The topological polar surface area (TPSA) is 38.8 Å². The fraction of sp³-hybridized carbons (Fsp3) is 0.462. The van der Waals surface area contributed by atoms with Gasteiger partial charge in [0, 0.05) is 6.54 Å². The van der Waals surface area contributed by atoms with E-state index in [0.29, 0.717) is 23.7 Å². The lowest BCUT2D eigenvalue weighted by atomic mass is 10.1. The summed E-state index contributed by atoms with van der Waals surface area (Å²) in [5.41, 5.74) is 0.558. The van der Waals surface area contributed by atoms with E-state index in [4.69, 9.17) is 9.47 Å². The quantitative estimate of drug-likeness (QED) is 0.708. The third-order valence-electron chi connectivity index (χ3n) is 2.36. The Hall–Kier alpha value is -1.55. The molecule has 0 spiro atoms. The Bertz CT molecular complexity index is 388. The Morgan fingerprint density at radius 2 is 2.06 bits per heavy atom. The molecule has 0 aliphatic heterocycles. The van der Waals surface area contributed by atoms with E-state index in [2.05, 4.69) is 0 Å². The number of carbonyl (C=O) groups excluding carboxylic acids is 1. The summed E-state index contributed by atoms with van der Waals surface area (Å²) in [5, 5.41) is 0. The predicted octanol–water partition coefficient (Wildman–Crippen LogP) is 1.84. The second-order valence-corrected chi connectivity index (χ2v) is 4.04. The molecule has 1 rings (SSSR count). The monoisotopic (exact) mass is 237 g/mol. The average molecular weight is 237 g/mol. The van der Waals surface area contributed by atoms with Crippen molar-refractivity contribution in [2.75, 3.05) is 34.4 Å². The van der Waals surface area contributed by atoms with Crippen molar-refractivity contribution in [1.29, 1.82) is 0 Å². The van der Waals surface area contributed by atoms with Crippen LogP contribution in [0.1, 0.15) is 17.3 Å². The largest absolute Gasteiger partial charge is 0.493 e. The first-order valence-electron chi connectivity index (χ1n) is 5.51. The van der Waals surface area contributed by atoms with Gasteiger partial charge in [-0.2, -0.15) is 0 Å². The van der Waals surface area contributed by atoms with E-state index in [0.717, 1.165) is 6.54 Å². The van der Waals surface area contributed by atoms with Crippen LogP contribution >= 0.6 is 0 Å². The molecule has 0 atom stereocenters. The second kappa shape index (κ2) is 6.25. The number of ketones is 1. The molecule has 1 aromatic rings. The van der Waals surface area contributed by atoms with Gasteiger partial charge in [-0.3, -0.25) is 4.79 Å². The molecule has 0 N–H and O–H groups in total. The van der Waals surface area contributed by atoms with Crippen LogP contribution in [0.25, 0.3) is 0 Å². The van der Waals surface area contributed by atoms with Gasteiger partial charge in [0.05, 0.1) is 12.7 Å². The van der Waals surface area contributed by atoms with Gasteiger partial charge in [-0.1, -0.05) is 6.07 Å². The first kappa shape index (κ1) is 13.5. The van der Waals surface area contributed by atoms with Gasteiger partial charge in [0.1, 0.15) is 6.61 Å². The van der Waals surface area contributed by atoms with Crippen LogP contribution in [0.5, 0.6) is 11.5 Å². The van der Waals surface area contributed by atoms with E-state index in [1.807, 2.05) is 19.0 Å². The highest BCUT2D eigenvalue weighted by Gasteiger charge is 2.13. The lowest BCUT2D eigenvalue weighted by molar-refractivity contribution is 0.101. The van der Waals surface area contributed by atoms with Crippen molar-refractivity contribution in [3.63, 3.8) is 0 Å². The number of hydrogen-bond donors (Lipinski definition) is 0. The molecule has 0 unspecified atom stereocenters. The first-order valence-corrected chi connectivity index (χ1v) is 5.51. The smallest absolute Gasteiger partial charge is 0.171 e. The summed E-state index contributed by atoms with van der Waals surface area (Å²) >= 11 is 0. The van der Waals surface area contributed by atoms with Crippen molar-refractivity contribution in [3.05, 3.63) is 23.8 Å². The molecule has 4 nitrogen and oxygen atoms in total. The summed E-state index contributed by atoms with van der Waals surface area (Å²) in [5.74, 6) is 1.10. The van der Waals surface area contributed by atoms with Crippen LogP contribution < -0.4 is 9.47 Å². The molecule has 1 aromatic carbocycles. The number of hydrogen-bond acceptors (Lipinski definition) is 4. The Kier molecular flexibility index (Phi) is 4.97. The van der Waals surface area contributed by atoms with Crippen LogP contribution in [0.15, 0.2) is 18.2 Å².